The van der Waals surface area contributed by atoms with Gasteiger partial charge in [-0.15, -0.1) is 35.3 Å². The fraction of sp³-hybridized carbons (Fsp3) is 0.389. The number of benzene rings is 1. The van der Waals surface area contributed by atoms with Gasteiger partial charge in [0.2, 0.25) is 0 Å². The third kappa shape index (κ3) is 5.80. The lowest BCUT2D eigenvalue weighted by Crippen LogP contribution is -2.51. The van der Waals surface area contributed by atoms with E-state index >= 15 is 0 Å². The van der Waals surface area contributed by atoms with Crippen LogP contribution < -0.4 is 16.0 Å². The van der Waals surface area contributed by atoms with E-state index in [4.69, 9.17) is 5.73 Å². The molecule has 1 amide bonds. The number of carbonyl (C=O) groups is 1. The zero-order valence-electron chi connectivity index (χ0n) is 15.3. The van der Waals surface area contributed by atoms with E-state index in [2.05, 4.69) is 25.1 Å². The van der Waals surface area contributed by atoms with Crippen LogP contribution in [0.5, 0.6) is 0 Å². The fourth-order valence-electron chi connectivity index (χ4n) is 2.91. The maximum Gasteiger partial charge on any atom is 0.251 e. The van der Waals surface area contributed by atoms with E-state index in [9.17, 15) is 4.79 Å². The number of hydrogen-bond donors (Lipinski definition) is 2. The summed E-state index contributed by atoms with van der Waals surface area (Å²) in [5, 5.41) is 5.70. The van der Waals surface area contributed by atoms with Crippen LogP contribution in [0.25, 0.3) is 0 Å². The predicted octanol–water partition coefficient (Wildman–Crippen LogP) is 1.80. The molecule has 146 valence electrons. The monoisotopic (exact) mass is 500 g/mol. The molecule has 0 spiro atoms. The molecule has 0 aliphatic carbocycles. The van der Waals surface area contributed by atoms with Crippen LogP contribution in [0.1, 0.15) is 15.9 Å². The van der Waals surface area contributed by atoms with Crippen LogP contribution in [0.3, 0.4) is 0 Å². The van der Waals surface area contributed by atoms with Crippen LogP contribution in [0.4, 0.5) is 5.13 Å². The smallest absolute Gasteiger partial charge is 0.251 e. The van der Waals surface area contributed by atoms with Gasteiger partial charge in [-0.3, -0.25) is 9.79 Å². The molecule has 2 aromatic rings. The van der Waals surface area contributed by atoms with Gasteiger partial charge in [0, 0.05) is 56.9 Å². The number of nitrogens with zero attached hydrogens (tertiary/aromatic N) is 4. The number of guanidine groups is 1. The number of carbonyl (C=O) groups excluding carboxylic acids is 1. The second-order valence-electron chi connectivity index (χ2n) is 6.06. The summed E-state index contributed by atoms with van der Waals surface area (Å²) in [5.41, 5.74) is 7.90. The zero-order chi connectivity index (χ0) is 18.4. The number of anilines is 1. The molecule has 9 heteroatoms. The van der Waals surface area contributed by atoms with Crippen LogP contribution in [0.15, 0.2) is 40.8 Å². The van der Waals surface area contributed by atoms with E-state index in [0.29, 0.717) is 18.1 Å². The Morgan fingerprint density at radius 3 is 2.78 bits per heavy atom. The molecule has 0 radical (unpaired) electrons. The molecule has 2 heterocycles. The number of nitrogens with two attached hydrogens (primary N) is 1. The largest absolute Gasteiger partial charge is 0.370 e. The van der Waals surface area contributed by atoms with Crippen molar-refractivity contribution in [3.63, 3.8) is 0 Å². The minimum absolute atomic E-state index is 0. The molecule has 1 aromatic heterocycles. The van der Waals surface area contributed by atoms with Gasteiger partial charge >= 0.3 is 0 Å². The Hall–Kier alpha value is -1.88. The van der Waals surface area contributed by atoms with E-state index in [0.717, 1.165) is 43.3 Å². The lowest BCUT2D eigenvalue weighted by atomic mass is 10.1. The van der Waals surface area contributed by atoms with Gasteiger partial charge in [0.1, 0.15) is 0 Å². The van der Waals surface area contributed by atoms with Gasteiger partial charge in [-0.1, -0.05) is 12.1 Å². The summed E-state index contributed by atoms with van der Waals surface area (Å²) in [6.07, 6.45) is 2.59. The van der Waals surface area contributed by atoms with Crippen LogP contribution in [-0.4, -0.2) is 61.5 Å². The third-order valence-electron chi connectivity index (χ3n) is 4.38. The molecule has 3 N–H and O–H groups in total. The summed E-state index contributed by atoms with van der Waals surface area (Å²) in [7, 11) is 1.63. The maximum atomic E-state index is 11.7. The second-order valence-corrected chi connectivity index (χ2v) is 6.93. The van der Waals surface area contributed by atoms with Crippen molar-refractivity contribution in [3.8, 4) is 0 Å². The highest BCUT2D eigenvalue weighted by atomic mass is 127. The van der Waals surface area contributed by atoms with Crippen molar-refractivity contribution >= 4 is 52.3 Å². The van der Waals surface area contributed by atoms with Crippen LogP contribution in [-0.2, 0) is 6.42 Å². The average molecular weight is 500 g/mol. The Balaban J connectivity index is 0.00000261. The number of halogens is 1. The molecule has 1 aromatic carbocycles. The first-order valence-corrected chi connectivity index (χ1v) is 9.55. The Morgan fingerprint density at radius 2 is 2.11 bits per heavy atom. The second kappa shape index (κ2) is 10.5. The molecule has 0 atom stereocenters. The molecule has 0 saturated carbocycles. The molecular formula is C18H25IN6OS. The van der Waals surface area contributed by atoms with Gasteiger partial charge in [-0.05, 0) is 24.1 Å². The molecular weight excluding hydrogens is 475 g/mol. The predicted molar refractivity (Wildman–Crippen MR) is 121 cm³/mol. The molecule has 7 nitrogen and oxygen atoms in total. The molecule has 0 bridgehead atoms. The van der Waals surface area contributed by atoms with Crippen molar-refractivity contribution < 1.29 is 4.79 Å². The number of thiazole rings is 1. The van der Waals surface area contributed by atoms with E-state index in [1.54, 1.807) is 18.4 Å². The molecule has 27 heavy (non-hydrogen) atoms. The van der Waals surface area contributed by atoms with Gasteiger partial charge < -0.3 is 20.9 Å². The molecule has 1 saturated heterocycles. The number of rotatable bonds is 5. The highest BCUT2D eigenvalue weighted by Gasteiger charge is 2.19. The topological polar surface area (TPSA) is 86.8 Å². The number of amides is 1. The first kappa shape index (κ1) is 21.4. The zero-order valence-corrected chi connectivity index (χ0v) is 18.4. The summed E-state index contributed by atoms with van der Waals surface area (Å²) in [6.45, 7) is 4.10. The van der Waals surface area contributed by atoms with Crippen LogP contribution in [0, 0.1) is 0 Å². The van der Waals surface area contributed by atoms with Crippen molar-refractivity contribution in [1.82, 2.24) is 15.2 Å². The summed E-state index contributed by atoms with van der Waals surface area (Å²) in [6, 6.07) is 7.61. The van der Waals surface area contributed by atoms with Crippen LogP contribution in [0.2, 0.25) is 0 Å². The van der Waals surface area contributed by atoms with Gasteiger partial charge in [-0.2, -0.15) is 0 Å². The average Bonchev–Trinajstić information content (AvgIpc) is 3.22. The summed E-state index contributed by atoms with van der Waals surface area (Å²) in [4.78, 5) is 25.0. The van der Waals surface area contributed by atoms with E-state index in [1.165, 1.54) is 0 Å². The van der Waals surface area contributed by atoms with E-state index in [1.807, 2.05) is 35.8 Å². The highest BCUT2D eigenvalue weighted by molar-refractivity contribution is 14.0. The Labute approximate surface area is 180 Å². The van der Waals surface area contributed by atoms with Crippen molar-refractivity contribution in [2.75, 3.05) is 44.7 Å². The standard InChI is InChI=1S/C18H24N6OS.HI/c1-20-16(25)15-4-2-3-14(13-15)5-6-21-17(19)23-8-10-24(11-9-23)18-22-7-12-26-18;/h2-4,7,12-13H,5-6,8-11H2,1H3,(H2,19,21)(H,20,25);1H. The number of nitrogens with one attached hydrogen (secondary N) is 1. The lowest BCUT2D eigenvalue weighted by Gasteiger charge is -2.35. The van der Waals surface area contributed by atoms with Crippen molar-refractivity contribution in [2.24, 2.45) is 10.7 Å². The molecule has 0 unspecified atom stereocenters. The molecule has 1 aliphatic heterocycles. The molecule has 3 rings (SSSR count). The number of piperazine rings is 1. The lowest BCUT2D eigenvalue weighted by molar-refractivity contribution is 0.0963. The molecule has 1 aliphatic rings. The van der Waals surface area contributed by atoms with Crippen molar-refractivity contribution in [3.05, 3.63) is 47.0 Å². The Bertz CT molecular complexity index is 759. The fourth-order valence-corrected chi connectivity index (χ4v) is 3.61. The van der Waals surface area contributed by atoms with Gasteiger partial charge in [0.05, 0.1) is 0 Å². The maximum absolute atomic E-state index is 11.7. The van der Waals surface area contributed by atoms with Crippen molar-refractivity contribution in [2.45, 2.75) is 6.42 Å². The molecule has 1 fully saturated rings. The van der Waals surface area contributed by atoms with Gasteiger partial charge in [0.15, 0.2) is 11.1 Å². The highest BCUT2D eigenvalue weighted by Crippen LogP contribution is 2.18. The number of hydrogen-bond acceptors (Lipinski definition) is 5. The summed E-state index contributed by atoms with van der Waals surface area (Å²) >= 11 is 1.66. The normalized spacial score (nSPS) is 14.6. The SMILES string of the molecule is CNC(=O)c1cccc(CCN=C(N)N2CCN(c3nccs3)CC2)c1.I. The van der Waals surface area contributed by atoms with E-state index in [-0.39, 0.29) is 29.9 Å². The third-order valence-corrected chi connectivity index (χ3v) is 5.22. The minimum Gasteiger partial charge on any atom is -0.370 e. The summed E-state index contributed by atoms with van der Waals surface area (Å²) in [5.74, 6) is 0.513. The van der Waals surface area contributed by atoms with Crippen LogP contribution >= 0.6 is 35.3 Å². The van der Waals surface area contributed by atoms with Gasteiger partial charge in [0.25, 0.3) is 5.91 Å². The van der Waals surface area contributed by atoms with Gasteiger partial charge in [-0.25, -0.2) is 4.98 Å². The Morgan fingerprint density at radius 1 is 1.33 bits per heavy atom. The minimum atomic E-state index is -0.0760. The quantitative estimate of drug-likeness (QED) is 0.372. The summed E-state index contributed by atoms with van der Waals surface area (Å²) < 4.78 is 0. The van der Waals surface area contributed by atoms with E-state index < -0.39 is 0 Å². The number of aromatic nitrogens is 1. The Kier molecular flexibility index (Phi) is 8.29. The first-order valence-electron chi connectivity index (χ1n) is 8.67. The first-order chi connectivity index (χ1) is 12.7. The van der Waals surface area contributed by atoms with Crippen molar-refractivity contribution in [1.29, 1.82) is 0 Å². The number of aliphatic imine (C=N–C) groups is 1.